The van der Waals surface area contributed by atoms with Gasteiger partial charge in [0.2, 0.25) is 5.95 Å². The Morgan fingerprint density at radius 3 is 2.72 bits per heavy atom. The lowest BCUT2D eigenvalue weighted by Gasteiger charge is -2.23. The molecule has 3 rings (SSSR count). The number of ether oxygens (including phenoxy) is 2. The molecule has 1 unspecified atom stereocenters. The third kappa shape index (κ3) is 6.78. The molecule has 3 heterocycles. The fourth-order valence-corrected chi connectivity index (χ4v) is 5.21. The largest absolute Gasteiger partial charge is 0.464 e. The number of nitrogens with two attached hydrogens (primary N) is 1. The summed E-state index contributed by atoms with van der Waals surface area (Å²) in [6, 6.07) is -0.805. The molecule has 2 aromatic heterocycles. The number of anilines is 2. The molecule has 5 atom stereocenters. The van der Waals surface area contributed by atoms with Crippen LogP contribution in [0.25, 0.3) is 11.2 Å². The lowest BCUT2D eigenvalue weighted by Crippen LogP contribution is -2.35. The summed E-state index contributed by atoms with van der Waals surface area (Å²) in [7, 11) is -1.63. The van der Waals surface area contributed by atoms with Crippen molar-refractivity contribution < 1.29 is 23.4 Å². The second kappa shape index (κ2) is 10.8. The maximum atomic E-state index is 13.0. The number of nitrogens with one attached hydrogen (secondary N) is 3. The Labute approximate surface area is 210 Å². The van der Waals surface area contributed by atoms with Crippen molar-refractivity contribution in [1.29, 1.82) is 5.41 Å². The Morgan fingerprint density at radius 1 is 1.42 bits per heavy atom. The first kappa shape index (κ1) is 28.0. The van der Waals surface area contributed by atoms with Gasteiger partial charge in [-0.05, 0) is 25.7 Å². The zero-order valence-electron chi connectivity index (χ0n) is 21.9. The smallest absolute Gasteiger partial charge is 0.323 e. The van der Waals surface area contributed by atoms with E-state index in [0.717, 1.165) is 0 Å². The Balaban J connectivity index is 1.67. The van der Waals surface area contributed by atoms with Crippen LogP contribution in [0.1, 0.15) is 47.3 Å². The minimum absolute atomic E-state index is 0.0103. The van der Waals surface area contributed by atoms with Crippen LogP contribution in [0, 0.1) is 16.7 Å². The zero-order valence-corrected chi connectivity index (χ0v) is 22.8. The molecule has 0 aliphatic carbocycles. The van der Waals surface area contributed by atoms with Gasteiger partial charge in [0, 0.05) is 25.3 Å². The monoisotopic (exact) mass is 524 g/mol. The molecule has 0 spiro atoms. The molecule has 0 amide bonds. The molecule has 13 nitrogen and oxygen atoms in total. The highest BCUT2D eigenvalue weighted by Crippen LogP contribution is 2.42. The Hall–Kier alpha value is -2.60. The van der Waals surface area contributed by atoms with Gasteiger partial charge in [-0.1, -0.05) is 20.8 Å². The summed E-state index contributed by atoms with van der Waals surface area (Å²) in [4.78, 5) is 25.1. The number of hydrogen-bond acceptors (Lipinski definition) is 11. The van der Waals surface area contributed by atoms with Crippen molar-refractivity contribution in [1.82, 2.24) is 24.6 Å². The fourth-order valence-electron chi connectivity index (χ4n) is 3.88. The Kier molecular flexibility index (Phi) is 8.39. The third-order valence-corrected chi connectivity index (χ3v) is 7.13. The summed E-state index contributed by atoms with van der Waals surface area (Å²) in [5.74, 6) is -0.199. The lowest BCUT2D eigenvalue weighted by molar-refractivity contribution is -0.148. The highest BCUT2D eigenvalue weighted by Gasteiger charge is 2.40. The van der Waals surface area contributed by atoms with Gasteiger partial charge in [0.05, 0.1) is 25.6 Å². The maximum absolute atomic E-state index is 13.0. The molecule has 5 N–H and O–H groups in total. The number of aromatic nitrogens is 4. The first-order valence-corrected chi connectivity index (χ1v) is 13.8. The van der Waals surface area contributed by atoms with Crippen molar-refractivity contribution >= 4 is 42.1 Å². The topological polar surface area (TPSA) is 179 Å². The summed E-state index contributed by atoms with van der Waals surface area (Å²) in [6.45, 7) is 10.8. The fraction of sp³-hybridized carbons (Fsp3) is 0.682. The number of nitrogen functional groups attached to an aromatic ring is 1. The molecule has 14 heteroatoms. The number of imidazole rings is 1. The molecule has 0 radical (unpaired) electrons. The highest BCUT2D eigenvalue weighted by atomic mass is 31.2. The standard InChI is InChI=1S/C22H37N8O5P/c1-12(23)15-8-14(9-34-36(7,32)29-13(2)20(31)33-10-22(3,4)5)35-19(15)30-11-26-16-17(25-6)27-21(24)28-18(16)30/h11,13-15,19,23H,8-10H2,1-7H3,(H,29,32)(H3,24,25,27,28)/t13-,14+,15-,19-,36?/m1/s1. The number of nitrogens with zero attached hydrogens (tertiary/aromatic N) is 4. The third-order valence-electron chi connectivity index (χ3n) is 5.63. The molecule has 2 aromatic rings. The van der Waals surface area contributed by atoms with Crippen molar-refractivity contribution in [2.24, 2.45) is 11.3 Å². The van der Waals surface area contributed by atoms with Gasteiger partial charge >= 0.3 is 5.97 Å². The number of hydrogen-bond donors (Lipinski definition) is 4. The normalized spacial score (nSPS) is 22.8. The van der Waals surface area contributed by atoms with E-state index in [4.69, 9.17) is 25.1 Å². The van der Waals surface area contributed by atoms with E-state index in [1.54, 1.807) is 31.8 Å². The average Bonchev–Trinajstić information content (AvgIpc) is 3.38. The van der Waals surface area contributed by atoms with Gasteiger partial charge in [-0.25, -0.2) is 10.1 Å². The van der Waals surface area contributed by atoms with E-state index in [-0.39, 0.29) is 30.5 Å². The first-order valence-electron chi connectivity index (χ1n) is 11.8. The second-order valence-corrected chi connectivity index (χ2v) is 12.5. The molecule has 1 saturated heterocycles. The number of carbonyl (C=O) groups excluding carboxylic acids is 1. The molecule has 36 heavy (non-hydrogen) atoms. The highest BCUT2D eigenvalue weighted by molar-refractivity contribution is 7.56. The lowest BCUT2D eigenvalue weighted by atomic mass is 9.98. The van der Waals surface area contributed by atoms with E-state index < -0.39 is 31.9 Å². The number of fused-ring (bicyclic) bond motifs is 1. The van der Waals surface area contributed by atoms with Crippen LogP contribution < -0.4 is 16.1 Å². The molecular weight excluding hydrogens is 487 g/mol. The van der Waals surface area contributed by atoms with Crippen molar-refractivity contribution in [3.05, 3.63) is 6.33 Å². The Morgan fingerprint density at radius 2 is 2.11 bits per heavy atom. The van der Waals surface area contributed by atoms with Crippen molar-refractivity contribution in [3.8, 4) is 0 Å². The van der Waals surface area contributed by atoms with Gasteiger partial charge in [0.15, 0.2) is 17.0 Å². The quantitative estimate of drug-likeness (QED) is 0.204. The van der Waals surface area contributed by atoms with Gasteiger partial charge in [0.25, 0.3) is 7.52 Å². The maximum Gasteiger partial charge on any atom is 0.323 e. The van der Waals surface area contributed by atoms with Gasteiger partial charge in [0.1, 0.15) is 12.3 Å². The van der Waals surface area contributed by atoms with Crippen LogP contribution in [0.2, 0.25) is 0 Å². The van der Waals surface area contributed by atoms with Crippen LogP contribution in [0.5, 0.6) is 0 Å². The summed E-state index contributed by atoms with van der Waals surface area (Å²) in [5, 5.41) is 14.0. The zero-order chi connectivity index (χ0) is 26.8. The van der Waals surface area contributed by atoms with Crippen molar-refractivity contribution in [2.75, 3.05) is 38.0 Å². The number of rotatable bonds is 10. The van der Waals surface area contributed by atoms with Gasteiger partial charge in [-0.3, -0.25) is 13.9 Å². The van der Waals surface area contributed by atoms with Crippen molar-refractivity contribution in [2.45, 2.75) is 59.4 Å². The molecule has 1 fully saturated rings. The van der Waals surface area contributed by atoms with Crippen LogP contribution in [0.3, 0.4) is 0 Å². The van der Waals surface area contributed by atoms with E-state index in [1.807, 2.05) is 20.8 Å². The number of esters is 1. The van der Waals surface area contributed by atoms with E-state index in [0.29, 0.717) is 29.1 Å². The minimum Gasteiger partial charge on any atom is -0.464 e. The van der Waals surface area contributed by atoms with E-state index in [2.05, 4.69) is 25.4 Å². The summed E-state index contributed by atoms with van der Waals surface area (Å²) in [6.07, 6.45) is 1.04. The average molecular weight is 525 g/mol. The predicted molar refractivity (Wildman–Crippen MR) is 137 cm³/mol. The molecule has 0 bridgehead atoms. The molecule has 1 aliphatic heterocycles. The molecule has 1 aliphatic rings. The van der Waals surface area contributed by atoms with Crippen LogP contribution >= 0.6 is 7.52 Å². The molecule has 0 saturated carbocycles. The van der Waals surface area contributed by atoms with E-state index >= 15 is 0 Å². The SMILES string of the molecule is CNc1nc(N)nc2c1ncn2[C@@H]1O[C@H](COP(C)(=O)N[C@H](C)C(=O)OCC(C)(C)C)C[C@@H]1C(C)=N. The summed E-state index contributed by atoms with van der Waals surface area (Å²) < 4.78 is 31.9. The van der Waals surface area contributed by atoms with Crippen LogP contribution in [-0.4, -0.2) is 70.3 Å². The molecule has 0 aromatic carbocycles. The van der Waals surface area contributed by atoms with E-state index in [1.165, 1.54) is 6.66 Å². The molecular formula is C22H37N8O5P. The van der Waals surface area contributed by atoms with Gasteiger partial charge < -0.3 is 30.5 Å². The van der Waals surface area contributed by atoms with Gasteiger partial charge in [-0.2, -0.15) is 9.97 Å². The Bertz CT molecular complexity index is 1160. The van der Waals surface area contributed by atoms with Crippen LogP contribution in [0.4, 0.5) is 11.8 Å². The molecule has 200 valence electrons. The number of carbonyl (C=O) groups is 1. The van der Waals surface area contributed by atoms with Gasteiger partial charge in [-0.15, -0.1) is 0 Å². The predicted octanol–water partition coefficient (Wildman–Crippen LogP) is 2.80. The second-order valence-electron chi connectivity index (χ2n) is 10.3. The van der Waals surface area contributed by atoms with E-state index in [9.17, 15) is 9.36 Å². The first-order chi connectivity index (χ1) is 16.7. The van der Waals surface area contributed by atoms with Crippen molar-refractivity contribution in [3.63, 3.8) is 0 Å². The summed E-state index contributed by atoms with van der Waals surface area (Å²) in [5.41, 5.74) is 7.14. The minimum atomic E-state index is -3.35. The summed E-state index contributed by atoms with van der Waals surface area (Å²) >= 11 is 0. The van der Waals surface area contributed by atoms with Crippen LogP contribution in [0.15, 0.2) is 6.33 Å². The van der Waals surface area contributed by atoms with Crippen LogP contribution in [-0.2, 0) is 23.4 Å².